The Morgan fingerprint density at radius 3 is 2.77 bits per heavy atom. The lowest BCUT2D eigenvalue weighted by molar-refractivity contribution is 0.191. The number of nitrogens with one attached hydrogen (secondary N) is 1. The SMILES string of the molecule is C[C@H](O)CNCc1cccc(OCc2c(F)cccc2Cl)c1. The molecule has 2 rings (SSSR count). The van der Waals surface area contributed by atoms with E-state index in [9.17, 15) is 9.50 Å². The number of benzene rings is 2. The first kappa shape index (κ1) is 16.7. The van der Waals surface area contributed by atoms with Crippen LogP contribution in [0.3, 0.4) is 0 Å². The summed E-state index contributed by atoms with van der Waals surface area (Å²) in [7, 11) is 0. The van der Waals surface area contributed by atoms with Crippen molar-refractivity contribution in [3.8, 4) is 5.75 Å². The lowest BCUT2D eigenvalue weighted by Gasteiger charge is -2.11. The minimum atomic E-state index is -0.386. The maximum atomic E-state index is 13.7. The average molecular weight is 324 g/mol. The van der Waals surface area contributed by atoms with Crippen molar-refractivity contribution in [2.24, 2.45) is 0 Å². The third kappa shape index (κ3) is 4.98. The van der Waals surface area contributed by atoms with Crippen LogP contribution in [0, 0.1) is 5.82 Å². The normalized spacial score (nSPS) is 12.2. The van der Waals surface area contributed by atoms with Gasteiger partial charge in [0.05, 0.1) is 11.1 Å². The zero-order valence-corrected chi connectivity index (χ0v) is 13.1. The van der Waals surface area contributed by atoms with Gasteiger partial charge in [-0.05, 0) is 36.8 Å². The lowest BCUT2D eigenvalue weighted by Crippen LogP contribution is -2.23. The van der Waals surface area contributed by atoms with Gasteiger partial charge in [0.25, 0.3) is 0 Å². The molecular formula is C17H19ClFNO2. The number of ether oxygens (including phenoxy) is 1. The van der Waals surface area contributed by atoms with Crippen molar-refractivity contribution in [1.82, 2.24) is 5.32 Å². The molecule has 5 heteroatoms. The number of hydrogen-bond donors (Lipinski definition) is 2. The standard InChI is InChI=1S/C17H19ClFNO2/c1-12(21)9-20-10-13-4-2-5-14(8-13)22-11-15-16(18)6-3-7-17(15)19/h2-8,12,20-21H,9-11H2,1H3/t12-/m0/s1. The van der Waals surface area contributed by atoms with Crippen LogP contribution in [0.15, 0.2) is 42.5 Å². The molecule has 0 amide bonds. The Kier molecular flexibility index (Phi) is 6.19. The Bertz CT molecular complexity index is 599. The van der Waals surface area contributed by atoms with Gasteiger partial charge in [-0.25, -0.2) is 4.39 Å². The number of halogens is 2. The second kappa shape index (κ2) is 8.13. The minimum Gasteiger partial charge on any atom is -0.489 e. The molecule has 0 radical (unpaired) electrons. The highest BCUT2D eigenvalue weighted by Crippen LogP contribution is 2.22. The van der Waals surface area contributed by atoms with Crippen molar-refractivity contribution in [2.45, 2.75) is 26.2 Å². The molecule has 2 aromatic carbocycles. The van der Waals surface area contributed by atoms with Crippen LogP contribution in [0.25, 0.3) is 0 Å². The fraction of sp³-hybridized carbons (Fsp3) is 0.294. The Labute approximate surface area is 134 Å². The van der Waals surface area contributed by atoms with Crippen LogP contribution in [0.5, 0.6) is 5.75 Å². The number of aliphatic hydroxyl groups is 1. The van der Waals surface area contributed by atoms with E-state index in [2.05, 4.69) is 5.32 Å². The monoisotopic (exact) mass is 323 g/mol. The number of aliphatic hydroxyl groups excluding tert-OH is 1. The molecule has 0 unspecified atom stereocenters. The Morgan fingerprint density at radius 1 is 1.27 bits per heavy atom. The molecule has 22 heavy (non-hydrogen) atoms. The molecule has 0 aliphatic heterocycles. The molecule has 0 heterocycles. The van der Waals surface area contributed by atoms with Crippen LogP contribution in [-0.2, 0) is 13.2 Å². The van der Waals surface area contributed by atoms with E-state index in [0.717, 1.165) is 5.56 Å². The Hall–Kier alpha value is -1.62. The molecule has 1 atom stereocenters. The van der Waals surface area contributed by atoms with E-state index >= 15 is 0 Å². The van der Waals surface area contributed by atoms with Gasteiger partial charge in [-0.3, -0.25) is 0 Å². The molecular weight excluding hydrogens is 305 g/mol. The van der Waals surface area contributed by atoms with Gasteiger partial charge in [-0.1, -0.05) is 29.8 Å². The van der Waals surface area contributed by atoms with Crippen LogP contribution in [-0.4, -0.2) is 17.8 Å². The molecule has 3 nitrogen and oxygen atoms in total. The van der Waals surface area contributed by atoms with E-state index in [-0.39, 0.29) is 18.5 Å². The van der Waals surface area contributed by atoms with Crippen molar-refractivity contribution in [2.75, 3.05) is 6.54 Å². The molecule has 0 aliphatic rings. The molecule has 0 aliphatic carbocycles. The van der Waals surface area contributed by atoms with Crippen LogP contribution >= 0.6 is 11.6 Å². The first-order valence-corrected chi connectivity index (χ1v) is 7.47. The molecule has 0 fully saturated rings. The summed E-state index contributed by atoms with van der Waals surface area (Å²) in [6.45, 7) is 2.96. The Balaban J connectivity index is 1.96. The molecule has 0 spiro atoms. The highest BCUT2D eigenvalue weighted by Gasteiger charge is 2.08. The van der Waals surface area contributed by atoms with Gasteiger partial charge in [0.2, 0.25) is 0 Å². The molecule has 2 aromatic rings. The third-order valence-electron chi connectivity index (χ3n) is 3.11. The van der Waals surface area contributed by atoms with Gasteiger partial charge in [-0.2, -0.15) is 0 Å². The van der Waals surface area contributed by atoms with Crippen molar-refractivity contribution >= 4 is 11.6 Å². The van der Waals surface area contributed by atoms with E-state index < -0.39 is 0 Å². The molecule has 2 N–H and O–H groups in total. The molecule has 0 bridgehead atoms. The minimum absolute atomic E-state index is 0.0794. The first-order valence-electron chi connectivity index (χ1n) is 7.09. The van der Waals surface area contributed by atoms with Crippen LogP contribution in [0.4, 0.5) is 4.39 Å². The van der Waals surface area contributed by atoms with E-state index in [1.165, 1.54) is 6.07 Å². The zero-order valence-electron chi connectivity index (χ0n) is 12.4. The van der Waals surface area contributed by atoms with E-state index in [1.54, 1.807) is 19.1 Å². The molecule has 118 valence electrons. The first-order chi connectivity index (χ1) is 10.6. The highest BCUT2D eigenvalue weighted by atomic mass is 35.5. The summed E-state index contributed by atoms with van der Waals surface area (Å²) >= 11 is 5.97. The summed E-state index contributed by atoms with van der Waals surface area (Å²) in [5.74, 6) is 0.276. The Morgan fingerprint density at radius 2 is 2.05 bits per heavy atom. The predicted molar refractivity (Wildman–Crippen MR) is 85.6 cm³/mol. The zero-order chi connectivity index (χ0) is 15.9. The fourth-order valence-electron chi connectivity index (χ4n) is 2.00. The summed E-state index contributed by atoms with van der Waals surface area (Å²) in [5.41, 5.74) is 1.37. The van der Waals surface area contributed by atoms with Gasteiger partial charge in [0, 0.05) is 18.7 Å². The van der Waals surface area contributed by atoms with Gasteiger partial charge < -0.3 is 15.2 Å². The van der Waals surface area contributed by atoms with Crippen molar-refractivity contribution in [3.05, 3.63) is 64.4 Å². The van der Waals surface area contributed by atoms with Crippen molar-refractivity contribution < 1.29 is 14.2 Å². The quantitative estimate of drug-likeness (QED) is 0.819. The van der Waals surface area contributed by atoms with Crippen LogP contribution in [0.1, 0.15) is 18.1 Å². The van der Waals surface area contributed by atoms with Gasteiger partial charge in [-0.15, -0.1) is 0 Å². The van der Waals surface area contributed by atoms with Crippen LogP contribution < -0.4 is 10.1 Å². The van der Waals surface area contributed by atoms with E-state index in [0.29, 0.717) is 29.4 Å². The molecule has 0 aromatic heterocycles. The summed E-state index contributed by atoms with van der Waals surface area (Å²) < 4.78 is 19.3. The average Bonchev–Trinajstić information content (AvgIpc) is 2.47. The third-order valence-corrected chi connectivity index (χ3v) is 3.47. The maximum absolute atomic E-state index is 13.7. The maximum Gasteiger partial charge on any atom is 0.131 e. The van der Waals surface area contributed by atoms with Gasteiger partial charge >= 0.3 is 0 Å². The number of hydrogen-bond acceptors (Lipinski definition) is 3. The fourth-order valence-corrected chi connectivity index (χ4v) is 2.21. The van der Waals surface area contributed by atoms with E-state index in [1.807, 2.05) is 24.3 Å². The van der Waals surface area contributed by atoms with Crippen molar-refractivity contribution in [1.29, 1.82) is 0 Å². The van der Waals surface area contributed by atoms with Crippen molar-refractivity contribution in [3.63, 3.8) is 0 Å². The second-order valence-electron chi connectivity index (χ2n) is 5.12. The highest BCUT2D eigenvalue weighted by molar-refractivity contribution is 6.31. The summed E-state index contributed by atoms with van der Waals surface area (Å²) in [6.07, 6.45) is -0.386. The number of rotatable bonds is 7. The summed E-state index contributed by atoms with van der Waals surface area (Å²) in [5, 5.41) is 12.7. The summed E-state index contributed by atoms with van der Waals surface area (Å²) in [6, 6.07) is 12.1. The lowest BCUT2D eigenvalue weighted by atomic mass is 10.2. The molecule has 0 saturated heterocycles. The van der Waals surface area contributed by atoms with Gasteiger partial charge in [0.1, 0.15) is 18.2 Å². The summed E-state index contributed by atoms with van der Waals surface area (Å²) in [4.78, 5) is 0. The van der Waals surface area contributed by atoms with E-state index in [4.69, 9.17) is 16.3 Å². The largest absolute Gasteiger partial charge is 0.489 e. The smallest absolute Gasteiger partial charge is 0.131 e. The topological polar surface area (TPSA) is 41.5 Å². The van der Waals surface area contributed by atoms with Crippen LogP contribution in [0.2, 0.25) is 5.02 Å². The molecule has 0 saturated carbocycles. The predicted octanol–water partition coefficient (Wildman–Crippen LogP) is 3.53. The second-order valence-corrected chi connectivity index (χ2v) is 5.52. The van der Waals surface area contributed by atoms with Gasteiger partial charge in [0.15, 0.2) is 0 Å².